The summed E-state index contributed by atoms with van der Waals surface area (Å²) in [6.07, 6.45) is 9.21. The summed E-state index contributed by atoms with van der Waals surface area (Å²) in [5.41, 5.74) is 7.94. The monoisotopic (exact) mass is 279 g/mol. The number of piperidine rings is 1. The van der Waals surface area contributed by atoms with Crippen molar-refractivity contribution in [1.82, 2.24) is 9.96 Å². The minimum absolute atomic E-state index is 0.495. The fourth-order valence-corrected chi connectivity index (χ4v) is 2.71. The maximum absolute atomic E-state index is 5.98. The van der Waals surface area contributed by atoms with Crippen molar-refractivity contribution >= 4 is 0 Å². The van der Waals surface area contributed by atoms with Gasteiger partial charge in [0.1, 0.15) is 5.76 Å². The first-order chi connectivity index (χ1) is 9.65. The zero-order valence-electron chi connectivity index (χ0n) is 12.6. The Hall–Kier alpha value is -1.46. The molecular weight excluding hydrogens is 254 g/mol. The van der Waals surface area contributed by atoms with E-state index in [1.165, 1.54) is 5.70 Å². The van der Waals surface area contributed by atoms with Crippen molar-refractivity contribution in [2.45, 2.75) is 25.3 Å². The van der Waals surface area contributed by atoms with Gasteiger partial charge in [0, 0.05) is 44.4 Å². The van der Waals surface area contributed by atoms with E-state index in [0.29, 0.717) is 6.04 Å². The first-order valence-corrected chi connectivity index (χ1v) is 7.08. The molecule has 0 saturated carbocycles. The second-order valence-corrected chi connectivity index (χ2v) is 5.22. The molecule has 112 valence electrons. The minimum Gasteiger partial charge on any atom is -0.495 e. The summed E-state index contributed by atoms with van der Waals surface area (Å²) in [6.45, 7) is 2.04. The Morgan fingerprint density at radius 1 is 1.30 bits per heavy atom. The molecule has 0 aromatic rings. The lowest BCUT2D eigenvalue weighted by atomic mass is 10.0. The standard InChI is InChI=1S/C15H25N3O2/c1-17(20-3)12-7-9-18(10-8-12)13-5-4-6-14(16)15(11-13)19-2/h4-5,11-12H,6-10,16H2,1-3H3. The molecule has 0 radical (unpaired) electrons. The number of nitrogens with zero attached hydrogens (tertiary/aromatic N) is 2. The molecule has 2 N–H and O–H groups in total. The van der Waals surface area contributed by atoms with Gasteiger partial charge in [0.25, 0.3) is 0 Å². The summed E-state index contributed by atoms with van der Waals surface area (Å²) in [7, 11) is 5.39. The van der Waals surface area contributed by atoms with Crippen molar-refractivity contribution in [2.75, 3.05) is 34.4 Å². The average Bonchev–Trinajstić information content (AvgIpc) is 2.68. The number of methoxy groups -OCH3 is 1. The highest BCUT2D eigenvalue weighted by Gasteiger charge is 2.23. The Bertz CT molecular complexity index is 421. The van der Waals surface area contributed by atoms with Gasteiger partial charge in [-0.15, -0.1) is 0 Å². The van der Waals surface area contributed by atoms with Gasteiger partial charge in [-0.3, -0.25) is 0 Å². The molecule has 5 heteroatoms. The Labute approximate surface area is 121 Å². The molecule has 5 nitrogen and oxygen atoms in total. The number of hydrogen-bond donors (Lipinski definition) is 1. The molecule has 1 fully saturated rings. The molecule has 0 aromatic carbocycles. The first kappa shape index (κ1) is 14.9. The van der Waals surface area contributed by atoms with Gasteiger partial charge in [0.2, 0.25) is 0 Å². The maximum atomic E-state index is 5.98. The van der Waals surface area contributed by atoms with Crippen LogP contribution in [0.15, 0.2) is 35.4 Å². The predicted molar refractivity (Wildman–Crippen MR) is 79.4 cm³/mol. The van der Waals surface area contributed by atoms with E-state index >= 15 is 0 Å². The topological polar surface area (TPSA) is 51.0 Å². The van der Waals surface area contributed by atoms with Crippen molar-refractivity contribution in [3.05, 3.63) is 35.4 Å². The SMILES string of the molecule is COC1=C(N)CC=CC(N2CCC(N(C)OC)CC2)=C1. The van der Waals surface area contributed by atoms with E-state index in [2.05, 4.69) is 17.1 Å². The van der Waals surface area contributed by atoms with Crippen LogP contribution in [-0.2, 0) is 9.57 Å². The number of rotatable bonds is 4. The summed E-state index contributed by atoms with van der Waals surface area (Å²) >= 11 is 0. The fourth-order valence-electron chi connectivity index (χ4n) is 2.71. The van der Waals surface area contributed by atoms with E-state index in [-0.39, 0.29) is 0 Å². The number of likely N-dealkylation sites (tertiary alicyclic amines) is 1. The highest BCUT2D eigenvalue weighted by Crippen LogP contribution is 2.23. The van der Waals surface area contributed by atoms with E-state index in [0.717, 1.165) is 43.8 Å². The van der Waals surface area contributed by atoms with Gasteiger partial charge in [0.05, 0.1) is 19.9 Å². The third-order valence-electron chi connectivity index (χ3n) is 4.07. The second-order valence-electron chi connectivity index (χ2n) is 5.22. The fraction of sp³-hybridized carbons (Fsp3) is 0.600. The molecule has 20 heavy (non-hydrogen) atoms. The van der Waals surface area contributed by atoms with Crippen LogP contribution in [0.4, 0.5) is 0 Å². The van der Waals surface area contributed by atoms with Crippen molar-refractivity contribution in [1.29, 1.82) is 0 Å². The second kappa shape index (κ2) is 6.81. The van der Waals surface area contributed by atoms with Crippen molar-refractivity contribution < 1.29 is 9.57 Å². The van der Waals surface area contributed by atoms with Gasteiger partial charge in [-0.2, -0.15) is 5.06 Å². The van der Waals surface area contributed by atoms with Crippen molar-refractivity contribution in [2.24, 2.45) is 5.73 Å². The highest BCUT2D eigenvalue weighted by molar-refractivity contribution is 5.33. The van der Waals surface area contributed by atoms with Gasteiger partial charge in [-0.1, -0.05) is 6.08 Å². The lowest BCUT2D eigenvalue weighted by Gasteiger charge is -2.37. The van der Waals surface area contributed by atoms with Crippen LogP contribution in [0.2, 0.25) is 0 Å². The molecule has 0 bridgehead atoms. The molecule has 0 amide bonds. The van der Waals surface area contributed by atoms with E-state index in [1.807, 2.05) is 18.2 Å². The van der Waals surface area contributed by atoms with Crippen LogP contribution in [0.1, 0.15) is 19.3 Å². The predicted octanol–water partition coefficient (Wildman–Crippen LogP) is 1.60. The third kappa shape index (κ3) is 3.35. The minimum atomic E-state index is 0.495. The molecule has 0 atom stereocenters. The summed E-state index contributed by atoms with van der Waals surface area (Å²) in [4.78, 5) is 7.66. The Kier molecular flexibility index (Phi) is 5.09. The molecule has 0 aromatic heterocycles. The molecule has 1 aliphatic carbocycles. The molecular formula is C15H25N3O2. The Morgan fingerprint density at radius 2 is 2.00 bits per heavy atom. The smallest absolute Gasteiger partial charge is 0.139 e. The molecule has 1 saturated heterocycles. The number of hydrogen-bond acceptors (Lipinski definition) is 5. The first-order valence-electron chi connectivity index (χ1n) is 7.08. The normalized spacial score (nSPS) is 21.2. The lowest BCUT2D eigenvalue weighted by Crippen LogP contribution is -2.42. The average molecular weight is 279 g/mol. The zero-order valence-corrected chi connectivity index (χ0v) is 12.6. The summed E-state index contributed by atoms with van der Waals surface area (Å²) in [5.74, 6) is 0.779. The van der Waals surface area contributed by atoms with Gasteiger partial charge < -0.3 is 20.2 Å². The highest BCUT2D eigenvalue weighted by atomic mass is 16.7. The van der Waals surface area contributed by atoms with Crippen LogP contribution >= 0.6 is 0 Å². The van der Waals surface area contributed by atoms with E-state index in [1.54, 1.807) is 14.2 Å². The van der Waals surface area contributed by atoms with Crippen molar-refractivity contribution in [3.8, 4) is 0 Å². The van der Waals surface area contributed by atoms with Crippen LogP contribution in [0.5, 0.6) is 0 Å². The van der Waals surface area contributed by atoms with Crippen LogP contribution in [0, 0.1) is 0 Å². The van der Waals surface area contributed by atoms with Crippen LogP contribution in [-0.4, -0.2) is 50.4 Å². The van der Waals surface area contributed by atoms with Gasteiger partial charge in [-0.05, 0) is 18.9 Å². The molecule has 2 rings (SSSR count). The maximum Gasteiger partial charge on any atom is 0.139 e. The molecule has 2 aliphatic rings. The third-order valence-corrected chi connectivity index (χ3v) is 4.07. The van der Waals surface area contributed by atoms with Crippen LogP contribution in [0.25, 0.3) is 0 Å². The van der Waals surface area contributed by atoms with Crippen LogP contribution in [0.3, 0.4) is 0 Å². The number of nitrogens with two attached hydrogens (primary N) is 1. The number of ether oxygens (including phenoxy) is 1. The van der Waals surface area contributed by atoms with E-state index in [9.17, 15) is 0 Å². The number of allylic oxidation sites excluding steroid dienone is 3. The largest absolute Gasteiger partial charge is 0.495 e. The molecule has 1 heterocycles. The zero-order chi connectivity index (χ0) is 14.5. The van der Waals surface area contributed by atoms with Crippen molar-refractivity contribution in [3.63, 3.8) is 0 Å². The van der Waals surface area contributed by atoms with E-state index < -0.39 is 0 Å². The summed E-state index contributed by atoms with van der Waals surface area (Å²) in [5, 5.41) is 1.95. The van der Waals surface area contributed by atoms with Gasteiger partial charge in [0.15, 0.2) is 0 Å². The van der Waals surface area contributed by atoms with Crippen LogP contribution < -0.4 is 5.73 Å². The molecule has 1 aliphatic heterocycles. The summed E-state index contributed by atoms with van der Waals surface area (Å²) in [6, 6.07) is 0.495. The Morgan fingerprint density at radius 3 is 2.60 bits per heavy atom. The Balaban J connectivity index is 2.03. The van der Waals surface area contributed by atoms with Gasteiger partial charge in [-0.25, -0.2) is 0 Å². The summed E-state index contributed by atoms with van der Waals surface area (Å²) < 4.78 is 5.36. The molecule has 0 spiro atoms. The lowest BCUT2D eigenvalue weighted by molar-refractivity contribution is -0.149. The van der Waals surface area contributed by atoms with E-state index in [4.69, 9.17) is 15.3 Å². The molecule has 0 unspecified atom stereocenters. The van der Waals surface area contributed by atoms with Gasteiger partial charge >= 0.3 is 0 Å². The number of hydroxylamine groups is 2. The quantitative estimate of drug-likeness (QED) is 0.792.